The summed E-state index contributed by atoms with van der Waals surface area (Å²) in [5, 5.41) is 0.0906. The van der Waals surface area contributed by atoms with Gasteiger partial charge >= 0.3 is 0 Å². The zero-order valence-electron chi connectivity index (χ0n) is 8.32. The smallest absolute Gasteiger partial charge is 0.243 e. The van der Waals surface area contributed by atoms with E-state index in [1.54, 1.807) is 6.07 Å². The van der Waals surface area contributed by atoms with Crippen LogP contribution < -0.4 is 10.5 Å². The fourth-order valence-electron chi connectivity index (χ4n) is 1.14. The number of hydrogen-bond acceptors (Lipinski definition) is 4. The Morgan fingerprint density at radius 2 is 2.06 bits per heavy atom. The first-order valence-corrected chi connectivity index (χ1v) is 5.63. The van der Waals surface area contributed by atoms with E-state index in [1.807, 2.05) is 0 Å². The van der Waals surface area contributed by atoms with Gasteiger partial charge in [0.25, 0.3) is 0 Å². The van der Waals surface area contributed by atoms with Crippen LogP contribution in [0.3, 0.4) is 0 Å². The molecule has 0 spiro atoms. The monoisotopic (exact) mass is 317 g/mol. The molecule has 0 saturated heterocycles. The third-order valence-corrected chi connectivity index (χ3v) is 2.65. The molecule has 1 heterocycles. The van der Waals surface area contributed by atoms with Crippen LogP contribution in [0.4, 0.5) is 10.2 Å². The number of rotatable bonds is 2. The van der Waals surface area contributed by atoms with E-state index >= 15 is 0 Å². The van der Waals surface area contributed by atoms with Crippen LogP contribution in [0.2, 0.25) is 5.02 Å². The zero-order valence-corrected chi connectivity index (χ0v) is 10.7. The number of nitrogens with zero attached hydrogens (tertiary/aromatic N) is 2. The molecular formula is C10H6BrClFN3O. The molecule has 0 amide bonds. The second-order valence-electron chi connectivity index (χ2n) is 3.09. The first-order chi connectivity index (χ1) is 8.06. The maximum absolute atomic E-state index is 13.1. The lowest BCUT2D eigenvalue weighted by atomic mass is 10.3. The summed E-state index contributed by atoms with van der Waals surface area (Å²) in [6.07, 6.45) is 1.21. The Hall–Kier alpha value is -1.40. The standard InChI is InChI=1S/C10H6BrClFN3O/c11-5-1-6(13)3-7(2-5)17-10-8(12)9(14)15-4-16-10/h1-4H,(H2,14,15,16). The summed E-state index contributed by atoms with van der Waals surface area (Å²) in [4.78, 5) is 7.50. The molecule has 0 saturated carbocycles. The summed E-state index contributed by atoms with van der Waals surface area (Å²) in [6, 6.07) is 4.10. The Labute approximate surface area is 110 Å². The van der Waals surface area contributed by atoms with E-state index in [0.29, 0.717) is 4.47 Å². The molecular weight excluding hydrogens is 312 g/mol. The SMILES string of the molecule is Nc1ncnc(Oc2cc(F)cc(Br)c2)c1Cl. The Bertz CT molecular complexity index is 547. The highest BCUT2D eigenvalue weighted by Gasteiger charge is 2.09. The second-order valence-corrected chi connectivity index (χ2v) is 4.38. The summed E-state index contributed by atoms with van der Waals surface area (Å²) < 4.78 is 19.0. The van der Waals surface area contributed by atoms with Crippen molar-refractivity contribution in [3.63, 3.8) is 0 Å². The van der Waals surface area contributed by atoms with E-state index in [0.717, 1.165) is 0 Å². The average Bonchev–Trinajstić information content (AvgIpc) is 2.23. The van der Waals surface area contributed by atoms with Gasteiger partial charge in [0.05, 0.1) is 0 Å². The lowest BCUT2D eigenvalue weighted by Crippen LogP contribution is -1.96. The predicted molar refractivity (Wildman–Crippen MR) is 65.6 cm³/mol. The highest BCUT2D eigenvalue weighted by Crippen LogP contribution is 2.31. The number of hydrogen-bond donors (Lipinski definition) is 1. The van der Waals surface area contributed by atoms with E-state index in [-0.39, 0.29) is 22.5 Å². The number of halogens is 3. The summed E-state index contributed by atoms with van der Waals surface area (Å²) in [5.74, 6) is 0.00759. The summed E-state index contributed by atoms with van der Waals surface area (Å²) >= 11 is 8.99. The van der Waals surface area contributed by atoms with Crippen LogP contribution in [-0.4, -0.2) is 9.97 Å². The fourth-order valence-corrected chi connectivity index (χ4v) is 1.72. The maximum atomic E-state index is 13.1. The van der Waals surface area contributed by atoms with Crippen LogP contribution in [0.1, 0.15) is 0 Å². The number of anilines is 1. The van der Waals surface area contributed by atoms with Crippen molar-refractivity contribution in [1.29, 1.82) is 0 Å². The third-order valence-electron chi connectivity index (χ3n) is 1.84. The van der Waals surface area contributed by atoms with Gasteiger partial charge in [-0.25, -0.2) is 9.37 Å². The lowest BCUT2D eigenvalue weighted by molar-refractivity contribution is 0.457. The minimum Gasteiger partial charge on any atom is -0.437 e. The second kappa shape index (κ2) is 4.85. The third kappa shape index (κ3) is 2.83. The predicted octanol–water partition coefficient (Wildman–Crippen LogP) is 3.41. The van der Waals surface area contributed by atoms with Crippen LogP contribution in [0.5, 0.6) is 11.6 Å². The maximum Gasteiger partial charge on any atom is 0.243 e. The first kappa shape index (κ1) is 12.1. The van der Waals surface area contributed by atoms with Crippen molar-refractivity contribution in [1.82, 2.24) is 9.97 Å². The topological polar surface area (TPSA) is 61.0 Å². The Kier molecular flexibility index (Phi) is 3.44. The number of nitrogens with two attached hydrogens (primary N) is 1. The van der Waals surface area contributed by atoms with Crippen LogP contribution >= 0.6 is 27.5 Å². The van der Waals surface area contributed by atoms with Gasteiger partial charge in [0, 0.05) is 10.5 Å². The molecule has 0 fully saturated rings. The van der Waals surface area contributed by atoms with E-state index in [4.69, 9.17) is 22.1 Å². The molecule has 0 aliphatic carbocycles. The largest absolute Gasteiger partial charge is 0.437 e. The molecule has 2 aromatic rings. The van der Waals surface area contributed by atoms with Gasteiger partial charge in [-0.1, -0.05) is 27.5 Å². The number of nitrogen functional groups attached to an aromatic ring is 1. The lowest BCUT2D eigenvalue weighted by Gasteiger charge is -2.07. The average molecular weight is 319 g/mol. The van der Waals surface area contributed by atoms with Crippen LogP contribution in [-0.2, 0) is 0 Å². The molecule has 88 valence electrons. The van der Waals surface area contributed by atoms with Crippen LogP contribution in [0.25, 0.3) is 0 Å². The Morgan fingerprint density at radius 3 is 2.76 bits per heavy atom. The zero-order chi connectivity index (χ0) is 12.4. The highest BCUT2D eigenvalue weighted by atomic mass is 79.9. The number of ether oxygens (including phenoxy) is 1. The normalized spacial score (nSPS) is 10.3. The molecule has 0 unspecified atom stereocenters. The van der Waals surface area contributed by atoms with Crippen molar-refractivity contribution in [2.75, 3.05) is 5.73 Å². The van der Waals surface area contributed by atoms with Crippen molar-refractivity contribution < 1.29 is 9.13 Å². The van der Waals surface area contributed by atoms with Gasteiger partial charge in [-0.05, 0) is 12.1 Å². The summed E-state index contributed by atoms with van der Waals surface area (Å²) in [7, 11) is 0. The molecule has 17 heavy (non-hydrogen) atoms. The van der Waals surface area contributed by atoms with Gasteiger partial charge in [0.1, 0.15) is 28.7 Å². The van der Waals surface area contributed by atoms with Gasteiger partial charge in [-0.3, -0.25) is 0 Å². The van der Waals surface area contributed by atoms with Crippen molar-refractivity contribution in [3.05, 3.63) is 39.8 Å². The molecule has 0 aliphatic rings. The first-order valence-electron chi connectivity index (χ1n) is 4.46. The summed E-state index contributed by atoms with van der Waals surface area (Å²) in [6.45, 7) is 0. The molecule has 0 aliphatic heterocycles. The van der Waals surface area contributed by atoms with E-state index in [2.05, 4.69) is 25.9 Å². The van der Waals surface area contributed by atoms with E-state index in [9.17, 15) is 4.39 Å². The molecule has 4 nitrogen and oxygen atoms in total. The van der Waals surface area contributed by atoms with Gasteiger partial charge < -0.3 is 10.5 Å². The van der Waals surface area contributed by atoms with Gasteiger partial charge in [0.2, 0.25) is 5.88 Å². The molecule has 0 radical (unpaired) electrons. The minimum absolute atomic E-state index is 0.0802. The quantitative estimate of drug-likeness (QED) is 0.922. The number of aromatic nitrogens is 2. The molecule has 2 rings (SSSR count). The molecule has 0 bridgehead atoms. The highest BCUT2D eigenvalue weighted by molar-refractivity contribution is 9.10. The van der Waals surface area contributed by atoms with Crippen LogP contribution in [0, 0.1) is 5.82 Å². The molecule has 2 N–H and O–H groups in total. The van der Waals surface area contributed by atoms with E-state index in [1.165, 1.54) is 18.5 Å². The fraction of sp³-hybridized carbons (Fsp3) is 0. The van der Waals surface area contributed by atoms with Gasteiger partial charge in [-0.2, -0.15) is 4.98 Å². The van der Waals surface area contributed by atoms with E-state index < -0.39 is 5.82 Å². The van der Waals surface area contributed by atoms with Gasteiger partial charge in [0.15, 0.2) is 0 Å². The molecule has 1 aromatic heterocycles. The van der Waals surface area contributed by atoms with Crippen molar-refractivity contribution in [3.8, 4) is 11.6 Å². The molecule has 0 atom stereocenters. The van der Waals surface area contributed by atoms with Crippen LogP contribution in [0.15, 0.2) is 29.0 Å². The van der Waals surface area contributed by atoms with Crippen molar-refractivity contribution in [2.24, 2.45) is 0 Å². The Morgan fingerprint density at radius 1 is 1.29 bits per heavy atom. The Balaban J connectivity index is 2.34. The number of benzene rings is 1. The molecule has 7 heteroatoms. The molecule has 1 aromatic carbocycles. The minimum atomic E-state index is -0.437. The van der Waals surface area contributed by atoms with Gasteiger partial charge in [-0.15, -0.1) is 0 Å². The summed E-state index contributed by atoms with van der Waals surface area (Å²) in [5.41, 5.74) is 5.49. The van der Waals surface area contributed by atoms with Crippen molar-refractivity contribution in [2.45, 2.75) is 0 Å². The van der Waals surface area contributed by atoms with Crippen molar-refractivity contribution >= 4 is 33.3 Å².